The van der Waals surface area contributed by atoms with Gasteiger partial charge in [-0.2, -0.15) is 14.1 Å². The molecule has 10 nitrogen and oxygen atoms in total. The lowest BCUT2D eigenvalue weighted by Gasteiger charge is -2.35. The monoisotopic (exact) mass is 610 g/mol. The molecule has 1 fully saturated rings. The first-order valence-corrected chi connectivity index (χ1v) is 15.3. The Labute approximate surface area is 249 Å². The molecule has 4 aromatic rings. The smallest absolute Gasteiger partial charge is 0.316 e. The second kappa shape index (κ2) is 12.8. The van der Waals surface area contributed by atoms with Crippen LogP contribution in [0.2, 0.25) is 5.02 Å². The molecule has 0 N–H and O–H groups in total. The van der Waals surface area contributed by atoms with Crippen LogP contribution in [0, 0.1) is 0 Å². The van der Waals surface area contributed by atoms with E-state index in [0.717, 1.165) is 5.56 Å². The average Bonchev–Trinajstić information content (AvgIpc) is 3.00. The number of nitrogens with zero attached hydrogens (tertiary/aromatic N) is 4. The van der Waals surface area contributed by atoms with E-state index >= 15 is 0 Å². The fraction of sp³-hybridized carbons (Fsp3) is 0.267. The molecule has 2 heterocycles. The largest absolute Gasteiger partial charge is 0.497 e. The highest BCUT2D eigenvalue weighted by Crippen LogP contribution is 2.30. The highest BCUT2D eigenvalue weighted by molar-refractivity contribution is 7.88. The number of aromatic nitrogens is 2. The van der Waals surface area contributed by atoms with Gasteiger partial charge in [0, 0.05) is 36.8 Å². The predicted molar refractivity (Wildman–Crippen MR) is 162 cm³/mol. The van der Waals surface area contributed by atoms with Gasteiger partial charge in [0.25, 0.3) is 0 Å². The summed E-state index contributed by atoms with van der Waals surface area (Å²) in [4.78, 5) is 15.7. The molecule has 1 aliphatic rings. The Morgan fingerprint density at radius 2 is 1.67 bits per heavy atom. The minimum absolute atomic E-state index is 0.0214. The van der Waals surface area contributed by atoms with E-state index in [1.54, 1.807) is 75.0 Å². The average molecular weight is 611 g/mol. The first-order valence-electron chi connectivity index (χ1n) is 13.3. The molecule has 0 amide bonds. The Balaban J connectivity index is 1.43. The molecule has 0 bridgehead atoms. The number of ether oxygens (including phenoxy) is 3. The lowest BCUT2D eigenvalue weighted by molar-refractivity contribution is 0.288. The van der Waals surface area contributed by atoms with Crippen LogP contribution in [0.25, 0.3) is 5.69 Å². The fourth-order valence-electron chi connectivity index (χ4n) is 4.81. The fourth-order valence-corrected chi connectivity index (χ4v) is 6.51. The van der Waals surface area contributed by atoms with Gasteiger partial charge in [-0.15, -0.1) is 0 Å². The molecular weight excluding hydrogens is 580 g/mol. The van der Waals surface area contributed by atoms with Gasteiger partial charge in [-0.3, -0.25) is 4.79 Å². The summed E-state index contributed by atoms with van der Waals surface area (Å²) >= 11 is 6.18. The number of hydrogen-bond acceptors (Lipinski definition) is 8. The molecule has 220 valence electrons. The maximum atomic E-state index is 13.8. The zero-order chi connectivity index (χ0) is 29.7. The molecular formula is C30H31ClN4O6S. The van der Waals surface area contributed by atoms with Crippen LogP contribution in [-0.2, 0) is 22.4 Å². The van der Waals surface area contributed by atoms with E-state index in [9.17, 15) is 13.2 Å². The summed E-state index contributed by atoms with van der Waals surface area (Å²) < 4.78 is 46.0. The number of sulfonamides is 1. The Morgan fingerprint density at radius 1 is 0.905 bits per heavy atom. The van der Waals surface area contributed by atoms with Gasteiger partial charge in [0.2, 0.25) is 15.8 Å². The van der Waals surface area contributed by atoms with Crippen molar-refractivity contribution >= 4 is 27.3 Å². The Morgan fingerprint density at radius 3 is 2.36 bits per heavy atom. The van der Waals surface area contributed by atoms with Crippen LogP contribution in [0.15, 0.2) is 83.8 Å². The summed E-state index contributed by atoms with van der Waals surface area (Å²) in [6, 6.07) is 21.2. The lowest BCUT2D eigenvalue weighted by Crippen LogP contribution is -2.49. The van der Waals surface area contributed by atoms with Crippen LogP contribution in [0.1, 0.15) is 11.1 Å². The van der Waals surface area contributed by atoms with Crippen LogP contribution < -0.4 is 24.7 Å². The van der Waals surface area contributed by atoms with Crippen molar-refractivity contribution in [1.29, 1.82) is 0 Å². The summed E-state index contributed by atoms with van der Waals surface area (Å²) in [7, 11) is -0.390. The quantitative estimate of drug-likeness (QED) is 0.264. The van der Waals surface area contributed by atoms with Gasteiger partial charge in [0.05, 0.1) is 31.9 Å². The molecule has 5 rings (SSSR count). The molecule has 1 aromatic heterocycles. The van der Waals surface area contributed by atoms with Crippen molar-refractivity contribution in [3.05, 3.63) is 105 Å². The Bertz CT molecular complexity index is 1710. The summed E-state index contributed by atoms with van der Waals surface area (Å²) in [5, 5.41) is 4.87. The third-order valence-electron chi connectivity index (χ3n) is 6.99. The molecule has 0 unspecified atom stereocenters. The van der Waals surface area contributed by atoms with Crippen molar-refractivity contribution in [3.8, 4) is 22.9 Å². The van der Waals surface area contributed by atoms with E-state index in [-0.39, 0.29) is 31.2 Å². The van der Waals surface area contributed by atoms with Crippen LogP contribution in [-0.4, -0.2) is 62.9 Å². The van der Waals surface area contributed by atoms with Gasteiger partial charge in [-0.05, 0) is 42.0 Å². The number of anilines is 1. The molecule has 0 spiro atoms. The Hall–Kier alpha value is -4.06. The first-order chi connectivity index (χ1) is 20.3. The van der Waals surface area contributed by atoms with E-state index in [2.05, 4.69) is 5.10 Å². The van der Waals surface area contributed by atoms with Crippen LogP contribution in [0.4, 0.5) is 5.69 Å². The molecule has 0 aliphatic carbocycles. The van der Waals surface area contributed by atoms with Crippen LogP contribution in [0.3, 0.4) is 0 Å². The van der Waals surface area contributed by atoms with Gasteiger partial charge in [0.1, 0.15) is 23.8 Å². The van der Waals surface area contributed by atoms with E-state index in [1.165, 1.54) is 8.99 Å². The van der Waals surface area contributed by atoms with E-state index in [4.69, 9.17) is 25.8 Å². The zero-order valence-electron chi connectivity index (χ0n) is 23.3. The molecule has 0 saturated carbocycles. The van der Waals surface area contributed by atoms with Crippen LogP contribution >= 0.6 is 11.6 Å². The highest BCUT2D eigenvalue weighted by atomic mass is 35.5. The van der Waals surface area contributed by atoms with E-state index in [0.29, 0.717) is 46.5 Å². The van der Waals surface area contributed by atoms with Gasteiger partial charge in [-0.1, -0.05) is 48.0 Å². The highest BCUT2D eigenvalue weighted by Gasteiger charge is 2.29. The second-order valence-electron chi connectivity index (χ2n) is 9.65. The number of methoxy groups -OCH3 is 2. The maximum Gasteiger partial charge on any atom is 0.316 e. The number of benzene rings is 3. The van der Waals surface area contributed by atoms with Gasteiger partial charge in [-0.25, -0.2) is 8.42 Å². The predicted octanol–water partition coefficient (Wildman–Crippen LogP) is 4.13. The summed E-state index contributed by atoms with van der Waals surface area (Å²) in [5.74, 6) is 1.21. The number of rotatable bonds is 10. The van der Waals surface area contributed by atoms with E-state index in [1.807, 2.05) is 23.1 Å². The van der Waals surface area contributed by atoms with Crippen LogP contribution in [0.5, 0.6) is 17.2 Å². The number of hydrogen-bond donors (Lipinski definition) is 0. The van der Waals surface area contributed by atoms with Crippen molar-refractivity contribution in [2.45, 2.75) is 12.4 Å². The molecule has 0 radical (unpaired) electrons. The van der Waals surface area contributed by atoms with Crippen molar-refractivity contribution in [2.75, 3.05) is 45.3 Å². The molecule has 0 atom stereocenters. The topological polar surface area (TPSA) is 103 Å². The summed E-state index contributed by atoms with van der Waals surface area (Å²) in [6.07, 6.45) is 1.56. The summed E-state index contributed by atoms with van der Waals surface area (Å²) in [5.41, 5.74) is 1.90. The lowest BCUT2D eigenvalue weighted by atomic mass is 10.2. The van der Waals surface area contributed by atoms with Crippen molar-refractivity contribution < 1.29 is 22.6 Å². The molecule has 3 aromatic carbocycles. The normalized spacial score (nSPS) is 14.0. The summed E-state index contributed by atoms with van der Waals surface area (Å²) in [6.45, 7) is 1.25. The van der Waals surface area contributed by atoms with Crippen molar-refractivity contribution in [2.24, 2.45) is 0 Å². The van der Waals surface area contributed by atoms with Gasteiger partial charge < -0.3 is 19.1 Å². The molecule has 42 heavy (non-hydrogen) atoms. The maximum absolute atomic E-state index is 13.8. The minimum Gasteiger partial charge on any atom is -0.497 e. The standard InChI is InChI=1S/C30H31ClN4O6S/c1-39-26-11-12-28(40-2)23(17-26)20-41-29-27(19-32-35(30(29)36)25-10-6-9-24(31)18-25)33-13-15-34(16-14-33)42(37,38)21-22-7-4-3-5-8-22/h3-12,17-19H,13-16,20-21H2,1-2H3. The third kappa shape index (κ3) is 6.53. The SMILES string of the molecule is COc1ccc(OC)c(COc2c(N3CCN(S(=O)(=O)Cc4ccccc4)CC3)cnn(-c3cccc(Cl)c3)c2=O)c1. The van der Waals surface area contributed by atoms with Crippen molar-refractivity contribution in [3.63, 3.8) is 0 Å². The molecule has 1 aliphatic heterocycles. The number of halogens is 1. The van der Waals surface area contributed by atoms with Gasteiger partial charge >= 0.3 is 5.56 Å². The molecule has 1 saturated heterocycles. The molecule has 12 heteroatoms. The zero-order valence-corrected chi connectivity index (χ0v) is 24.8. The Kier molecular flexibility index (Phi) is 9.00. The number of piperazine rings is 1. The minimum atomic E-state index is -3.51. The van der Waals surface area contributed by atoms with E-state index < -0.39 is 15.6 Å². The van der Waals surface area contributed by atoms with Gasteiger partial charge in [0.15, 0.2) is 0 Å². The second-order valence-corrected chi connectivity index (χ2v) is 12.1. The first kappa shape index (κ1) is 29.4. The van der Waals surface area contributed by atoms with Crippen molar-refractivity contribution in [1.82, 2.24) is 14.1 Å². The third-order valence-corrected chi connectivity index (χ3v) is 9.08.